The zero-order valence-corrected chi connectivity index (χ0v) is 21.9. The summed E-state index contributed by atoms with van der Waals surface area (Å²) in [6.07, 6.45) is 8.57. The average Bonchev–Trinajstić information content (AvgIpc) is 2.71. The first-order valence-electron chi connectivity index (χ1n) is 12.7. The summed E-state index contributed by atoms with van der Waals surface area (Å²) in [6, 6.07) is 0. The van der Waals surface area contributed by atoms with Crippen molar-refractivity contribution in [1.29, 1.82) is 0 Å². The number of rotatable bonds is 14. The van der Waals surface area contributed by atoms with E-state index in [9.17, 15) is 4.79 Å². The van der Waals surface area contributed by atoms with Crippen LogP contribution in [0.5, 0.6) is 0 Å². The van der Waals surface area contributed by atoms with Gasteiger partial charge in [0.05, 0.1) is 19.0 Å². The minimum Gasteiger partial charge on any atom is -0.498 e. The van der Waals surface area contributed by atoms with Gasteiger partial charge in [0.25, 0.3) is 0 Å². The second-order valence-electron chi connectivity index (χ2n) is 11.8. The molecule has 0 spiro atoms. The molecule has 0 aromatic rings. The average molecular weight is 454 g/mol. The highest BCUT2D eigenvalue weighted by Gasteiger charge is 2.24. The molecule has 1 N–H and O–H groups in total. The molecule has 1 aliphatic carbocycles. The molecule has 0 saturated heterocycles. The summed E-state index contributed by atoms with van der Waals surface area (Å²) in [4.78, 5) is 14.4. The van der Waals surface area contributed by atoms with Crippen molar-refractivity contribution >= 4 is 5.97 Å². The van der Waals surface area contributed by atoms with Crippen LogP contribution >= 0.6 is 0 Å². The van der Waals surface area contributed by atoms with Crippen LogP contribution in [0.3, 0.4) is 0 Å². The molecule has 1 rings (SSSR count). The Labute approximate surface area is 197 Å². The van der Waals surface area contributed by atoms with E-state index in [1.54, 1.807) is 0 Å². The van der Waals surface area contributed by atoms with Gasteiger partial charge in [-0.15, -0.1) is 0 Å². The molecule has 0 amide bonds. The number of unbranched alkanes of at least 4 members (excludes halogenated alkanes) is 1. The lowest BCUT2D eigenvalue weighted by Gasteiger charge is -2.36. The largest absolute Gasteiger partial charge is 0.498 e. The molecule has 0 heterocycles. The van der Waals surface area contributed by atoms with Crippen molar-refractivity contribution in [1.82, 2.24) is 4.90 Å². The van der Waals surface area contributed by atoms with Crippen molar-refractivity contribution in [3.63, 3.8) is 0 Å². The molecule has 32 heavy (non-hydrogen) atoms. The third-order valence-corrected chi connectivity index (χ3v) is 6.49. The van der Waals surface area contributed by atoms with E-state index >= 15 is 0 Å². The topological polar surface area (TPSA) is 59.0 Å². The van der Waals surface area contributed by atoms with Crippen LogP contribution in [0, 0.1) is 17.3 Å². The van der Waals surface area contributed by atoms with Gasteiger partial charge in [-0.3, -0.25) is 9.69 Å². The lowest BCUT2D eigenvalue weighted by atomic mass is 9.83. The molecule has 0 bridgehead atoms. The Morgan fingerprint density at radius 1 is 0.906 bits per heavy atom. The lowest BCUT2D eigenvalue weighted by Crippen LogP contribution is -2.42. The zero-order chi connectivity index (χ0) is 24.2. The molecule has 0 radical (unpaired) electrons. The Hall–Kier alpha value is -1.07. The van der Waals surface area contributed by atoms with Crippen LogP contribution < -0.4 is 0 Å². The summed E-state index contributed by atoms with van der Waals surface area (Å²) in [7, 11) is 0. The second kappa shape index (κ2) is 14.2. The Bertz CT molecular complexity index is 539. The van der Waals surface area contributed by atoms with E-state index in [0.29, 0.717) is 24.9 Å². The van der Waals surface area contributed by atoms with E-state index in [-0.39, 0.29) is 23.5 Å². The fourth-order valence-corrected chi connectivity index (χ4v) is 4.09. The predicted octanol–water partition coefficient (Wildman–Crippen LogP) is 5.96. The fraction of sp³-hybridized carbons (Fsp3) is 0.889. The van der Waals surface area contributed by atoms with Crippen LogP contribution in [0.25, 0.3) is 0 Å². The smallest absolute Gasteiger partial charge is 0.305 e. The molecule has 188 valence electrons. The minimum absolute atomic E-state index is 0.0534. The predicted molar refractivity (Wildman–Crippen MR) is 132 cm³/mol. The highest BCUT2D eigenvalue weighted by molar-refractivity contribution is 5.69. The van der Waals surface area contributed by atoms with Gasteiger partial charge in [0, 0.05) is 31.5 Å². The van der Waals surface area contributed by atoms with E-state index in [1.165, 1.54) is 0 Å². The van der Waals surface area contributed by atoms with Gasteiger partial charge >= 0.3 is 5.97 Å². The minimum atomic E-state index is -0.0534. The third-order valence-electron chi connectivity index (χ3n) is 6.49. The van der Waals surface area contributed by atoms with E-state index in [4.69, 9.17) is 14.6 Å². The van der Waals surface area contributed by atoms with Gasteiger partial charge in [-0.2, -0.15) is 0 Å². The van der Waals surface area contributed by atoms with Crippen LogP contribution in [0.4, 0.5) is 0 Å². The van der Waals surface area contributed by atoms with E-state index in [0.717, 1.165) is 76.8 Å². The number of carbonyl (C=O) groups is 1. The molecule has 0 unspecified atom stereocenters. The third kappa shape index (κ3) is 13.5. The van der Waals surface area contributed by atoms with Crippen molar-refractivity contribution < 1.29 is 19.4 Å². The van der Waals surface area contributed by atoms with Crippen molar-refractivity contribution in [2.45, 2.75) is 105 Å². The van der Waals surface area contributed by atoms with Gasteiger partial charge in [0.2, 0.25) is 0 Å². The van der Waals surface area contributed by atoms with Crippen molar-refractivity contribution in [2.75, 3.05) is 32.9 Å². The maximum Gasteiger partial charge on any atom is 0.305 e. The van der Waals surface area contributed by atoms with E-state index in [2.05, 4.69) is 53.0 Å². The number of hydrogen-bond acceptors (Lipinski definition) is 5. The summed E-state index contributed by atoms with van der Waals surface area (Å²) in [5.74, 6) is 1.88. The molecular weight excluding hydrogens is 402 g/mol. The number of esters is 1. The van der Waals surface area contributed by atoms with Crippen LogP contribution in [0.1, 0.15) is 99.3 Å². The molecule has 5 heteroatoms. The van der Waals surface area contributed by atoms with Crippen LogP contribution in [-0.4, -0.2) is 54.4 Å². The number of nitrogens with zero attached hydrogens (tertiary/aromatic N) is 1. The van der Waals surface area contributed by atoms with Crippen molar-refractivity contribution in [3.05, 3.63) is 12.3 Å². The SMILES string of the molecule is C=C(CCN(CCCCO)C(C)(C)C)OCC1CCC(COC(=O)CCC(C)(C)C)CC1. The van der Waals surface area contributed by atoms with Crippen LogP contribution in [0.2, 0.25) is 0 Å². The van der Waals surface area contributed by atoms with Gasteiger partial charge in [0.15, 0.2) is 0 Å². The molecule has 5 nitrogen and oxygen atoms in total. The summed E-state index contributed by atoms with van der Waals surface area (Å²) in [5.41, 5.74) is 0.274. The first kappa shape index (κ1) is 29.0. The summed E-state index contributed by atoms with van der Waals surface area (Å²) in [5, 5.41) is 9.04. The van der Waals surface area contributed by atoms with E-state index in [1.807, 2.05) is 0 Å². The molecule has 0 aromatic heterocycles. The first-order valence-corrected chi connectivity index (χ1v) is 12.7. The Kier molecular flexibility index (Phi) is 12.9. The lowest BCUT2D eigenvalue weighted by molar-refractivity contribution is -0.146. The van der Waals surface area contributed by atoms with Crippen LogP contribution in [-0.2, 0) is 14.3 Å². The molecular formula is C27H51NO4. The molecule has 0 atom stereocenters. The fourth-order valence-electron chi connectivity index (χ4n) is 4.09. The highest BCUT2D eigenvalue weighted by atomic mass is 16.5. The number of carbonyl (C=O) groups excluding carboxylic acids is 1. The number of ether oxygens (including phenoxy) is 2. The Morgan fingerprint density at radius 2 is 1.47 bits per heavy atom. The standard InChI is InChI=1S/C27H51NO4/c1-22(15-18-28(27(5,6)7)17-8-9-19-29)31-20-23-10-12-24(13-11-23)21-32-25(30)14-16-26(2,3)4/h23-24,29H,1,8-21H2,2-7H3. The summed E-state index contributed by atoms with van der Waals surface area (Å²) in [6.45, 7) is 20.8. The first-order chi connectivity index (χ1) is 14.9. The van der Waals surface area contributed by atoms with Gasteiger partial charge in [-0.05, 0) is 89.5 Å². The Balaban J connectivity index is 2.21. The van der Waals surface area contributed by atoms with Crippen molar-refractivity contribution in [2.24, 2.45) is 17.3 Å². The molecule has 1 aliphatic rings. The van der Waals surface area contributed by atoms with Gasteiger partial charge in [0.1, 0.15) is 0 Å². The number of aliphatic hydroxyl groups excluding tert-OH is 1. The number of hydrogen-bond donors (Lipinski definition) is 1. The Morgan fingerprint density at radius 3 is 1.97 bits per heavy atom. The van der Waals surface area contributed by atoms with Crippen LogP contribution in [0.15, 0.2) is 12.3 Å². The van der Waals surface area contributed by atoms with Crippen molar-refractivity contribution in [3.8, 4) is 0 Å². The van der Waals surface area contributed by atoms with Gasteiger partial charge < -0.3 is 14.6 Å². The molecule has 0 aromatic carbocycles. The maximum atomic E-state index is 12.0. The summed E-state index contributed by atoms with van der Waals surface area (Å²) < 4.78 is 11.5. The normalized spacial score (nSPS) is 19.8. The van der Waals surface area contributed by atoms with Gasteiger partial charge in [-0.1, -0.05) is 27.4 Å². The maximum absolute atomic E-state index is 12.0. The highest BCUT2D eigenvalue weighted by Crippen LogP contribution is 2.30. The van der Waals surface area contributed by atoms with E-state index < -0.39 is 0 Å². The zero-order valence-electron chi connectivity index (χ0n) is 21.9. The molecule has 1 saturated carbocycles. The quantitative estimate of drug-likeness (QED) is 0.200. The summed E-state index contributed by atoms with van der Waals surface area (Å²) >= 11 is 0. The monoisotopic (exact) mass is 453 g/mol. The number of aliphatic hydroxyl groups is 1. The van der Waals surface area contributed by atoms with Gasteiger partial charge in [-0.25, -0.2) is 0 Å². The molecule has 1 fully saturated rings. The second-order valence-corrected chi connectivity index (χ2v) is 11.8. The molecule has 0 aliphatic heterocycles.